The van der Waals surface area contributed by atoms with Crippen molar-refractivity contribution in [2.75, 3.05) is 6.61 Å². The lowest BCUT2D eigenvalue weighted by Crippen LogP contribution is -1.69. The van der Waals surface area contributed by atoms with Crippen LogP contribution in [0.2, 0.25) is 0 Å². The van der Waals surface area contributed by atoms with Gasteiger partial charge in [0.15, 0.2) is 0 Å². The molecule has 1 heteroatoms. The first-order chi connectivity index (χ1) is 5.91. The maximum absolute atomic E-state index is 8.38. The van der Waals surface area contributed by atoms with Crippen LogP contribution in [0.4, 0.5) is 0 Å². The molecule has 0 aliphatic carbocycles. The number of hydrogen-bond donors (Lipinski definition) is 1. The van der Waals surface area contributed by atoms with Crippen LogP contribution >= 0.6 is 0 Å². The standard InChI is InChI=1S/C11H14O/c1-2-3-4-5-6-7-8-9-10-11-12/h9-10,12H,2,5,8,11H2,1H3. The lowest BCUT2D eigenvalue weighted by molar-refractivity contribution is 0.342. The number of aliphatic hydroxyl groups excluding tert-OH is 1. The third-order valence-corrected chi connectivity index (χ3v) is 1.10. The quantitative estimate of drug-likeness (QED) is 0.484. The van der Waals surface area contributed by atoms with Crippen molar-refractivity contribution >= 4 is 0 Å². The van der Waals surface area contributed by atoms with Crippen molar-refractivity contribution in [3.63, 3.8) is 0 Å². The van der Waals surface area contributed by atoms with Crippen LogP contribution in [0.25, 0.3) is 0 Å². The molecular weight excluding hydrogens is 148 g/mol. The van der Waals surface area contributed by atoms with E-state index < -0.39 is 0 Å². The highest BCUT2D eigenvalue weighted by molar-refractivity contribution is 5.12. The molecule has 0 bridgehead atoms. The van der Waals surface area contributed by atoms with E-state index in [0.717, 1.165) is 6.42 Å². The van der Waals surface area contributed by atoms with Gasteiger partial charge < -0.3 is 5.11 Å². The second-order valence-electron chi connectivity index (χ2n) is 2.10. The van der Waals surface area contributed by atoms with E-state index in [0.29, 0.717) is 12.8 Å². The molecule has 0 fully saturated rings. The highest BCUT2D eigenvalue weighted by Crippen LogP contribution is 1.80. The van der Waals surface area contributed by atoms with E-state index in [1.165, 1.54) is 0 Å². The van der Waals surface area contributed by atoms with Gasteiger partial charge in [0.1, 0.15) is 0 Å². The molecule has 0 aromatic rings. The Morgan fingerprint density at radius 2 is 1.83 bits per heavy atom. The number of allylic oxidation sites excluding steroid dienone is 1. The van der Waals surface area contributed by atoms with Crippen molar-refractivity contribution in [1.29, 1.82) is 0 Å². The summed E-state index contributed by atoms with van der Waals surface area (Å²) in [5.41, 5.74) is 0. The summed E-state index contributed by atoms with van der Waals surface area (Å²) < 4.78 is 0. The monoisotopic (exact) mass is 162 g/mol. The van der Waals surface area contributed by atoms with E-state index in [1.807, 2.05) is 13.0 Å². The van der Waals surface area contributed by atoms with Crippen molar-refractivity contribution < 1.29 is 5.11 Å². The van der Waals surface area contributed by atoms with Crippen LogP contribution in [0, 0.1) is 23.7 Å². The van der Waals surface area contributed by atoms with Gasteiger partial charge in [-0.15, -0.1) is 5.92 Å². The molecule has 0 radical (unpaired) electrons. The first-order valence-corrected chi connectivity index (χ1v) is 4.09. The lowest BCUT2D eigenvalue weighted by Gasteiger charge is -1.76. The van der Waals surface area contributed by atoms with Crippen LogP contribution in [0.1, 0.15) is 26.2 Å². The molecule has 0 rings (SSSR count). The van der Waals surface area contributed by atoms with E-state index in [4.69, 9.17) is 5.11 Å². The van der Waals surface area contributed by atoms with Gasteiger partial charge >= 0.3 is 0 Å². The van der Waals surface area contributed by atoms with Gasteiger partial charge in [0.25, 0.3) is 0 Å². The van der Waals surface area contributed by atoms with Crippen LogP contribution in [0.15, 0.2) is 12.2 Å². The highest BCUT2D eigenvalue weighted by Gasteiger charge is 1.69. The molecule has 0 aliphatic heterocycles. The Morgan fingerprint density at radius 1 is 1.08 bits per heavy atom. The normalized spacial score (nSPS) is 8.50. The number of hydrogen-bond acceptors (Lipinski definition) is 1. The van der Waals surface area contributed by atoms with E-state index in [2.05, 4.69) is 23.7 Å². The summed E-state index contributed by atoms with van der Waals surface area (Å²) in [5, 5.41) is 8.38. The van der Waals surface area contributed by atoms with Gasteiger partial charge in [-0.2, -0.15) is 0 Å². The van der Waals surface area contributed by atoms with E-state index >= 15 is 0 Å². The summed E-state index contributed by atoms with van der Waals surface area (Å²) in [6, 6.07) is 0. The number of rotatable bonds is 2. The minimum Gasteiger partial charge on any atom is -0.392 e. The van der Waals surface area contributed by atoms with Gasteiger partial charge in [0.2, 0.25) is 0 Å². The smallest absolute Gasteiger partial charge is 0.0702 e. The van der Waals surface area contributed by atoms with Crippen LogP contribution in [-0.4, -0.2) is 11.7 Å². The summed E-state index contributed by atoms with van der Waals surface area (Å²) in [6.07, 6.45) is 5.79. The fraction of sp³-hybridized carbons (Fsp3) is 0.455. The summed E-state index contributed by atoms with van der Waals surface area (Å²) >= 11 is 0. The minimum absolute atomic E-state index is 0.0946. The van der Waals surface area contributed by atoms with E-state index in [9.17, 15) is 0 Å². The molecule has 0 unspecified atom stereocenters. The summed E-state index contributed by atoms with van der Waals surface area (Å²) in [7, 11) is 0. The zero-order chi connectivity index (χ0) is 9.07. The summed E-state index contributed by atoms with van der Waals surface area (Å²) in [5.74, 6) is 11.7. The Hall–Kier alpha value is -1.18. The molecule has 0 saturated carbocycles. The predicted octanol–water partition coefficient (Wildman–Crippen LogP) is 1.73. The van der Waals surface area contributed by atoms with Crippen molar-refractivity contribution in [3.05, 3.63) is 12.2 Å². The largest absolute Gasteiger partial charge is 0.392 e. The Balaban J connectivity index is 3.41. The molecule has 0 amide bonds. The molecular formula is C11H14O. The van der Waals surface area contributed by atoms with E-state index in [-0.39, 0.29) is 6.61 Å². The zero-order valence-corrected chi connectivity index (χ0v) is 7.43. The fourth-order valence-electron chi connectivity index (χ4n) is 0.583. The first kappa shape index (κ1) is 10.8. The molecule has 0 atom stereocenters. The van der Waals surface area contributed by atoms with Crippen LogP contribution in [0.3, 0.4) is 0 Å². The molecule has 64 valence electrons. The minimum atomic E-state index is 0.0946. The average Bonchev–Trinajstić information content (AvgIpc) is 2.10. The molecule has 0 saturated heterocycles. The Labute approximate surface area is 74.5 Å². The van der Waals surface area contributed by atoms with Crippen LogP contribution < -0.4 is 0 Å². The first-order valence-electron chi connectivity index (χ1n) is 4.09. The summed E-state index contributed by atoms with van der Waals surface area (Å²) in [4.78, 5) is 0. The summed E-state index contributed by atoms with van der Waals surface area (Å²) in [6.45, 7) is 2.11. The molecule has 0 aromatic heterocycles. The van der Waals surface area contributed by atoms with Gasteiger partial charge in [-0.1, -0.05) is 36.8 Å². The van der Waals surface area contributed by atoms with Gasteiger partial charge in [-0.05, 0) is 0 Å². The SMILES string of the molecule is CCC#CCC#CCC=CCO. The molecule has 12 heavy (non-hydrogen) atoms. The molecule has 0 aliphatic rings. The maximum Gasteiger partial charge on any atom is 0.0702 e. The lowest BCUT2D eigenvalue weighted by atomic mass is 10.3. The fourth-order valence-corrected chi connectivity index (χ4v) is 0.583. The van der Waals surface area contributed by atoms with Crippen molar-refractivity contribution in [1.82, 2.24) is 0 Å². The third-order valence-electron chi connectivity index (χ3n) is 1.10. The van der Waals surface area contributed by atoms with Gasteiger partial charge in [-0.25, -0.2) is 0 Å². The second kappa shape index (κ2) is 9.82. The zero-order valence-electron chi connectivity index (χ0n) is 7.43. The van der Waals surface area contributed by atoms with Crippen molar-refractivity contribution in [2.24, 2.45) is 0 Å². The van der Waals surface area contributed by atoms with Crippen LogP contribution in [0.5, 0.6) is 0 Å². The Bertz CT molecular complexity index is 229. The van der Waals surface area contributed by atoms with Crippen molar-refractivity contribution in [2.45, 2.75) is 26.2 Å². The molecule has 0 aromatic carbocycles. The average molecular weight is 162 g/mol. The van der Waals surface area contributed by atoms with Gasteiger partial charge in [0, 0.05) is 12.8 Å². The maximum atomic E-state index is 8.38. The Morgan fingerprint density at radius 3 is 2.50 bits per heavy atom. The van der Waals surface area contributed by atoms with Crippen LogP contribution in [-0.2, 0) is 0 Å². The van der Waals surface area contributed by atoms with Gasteiger partial charge in [0.05, 0.1) is 13.0 Å². The van der Waals surface area contributed by atoms with Crippen molar-refractivity contribution in [3.8, 4) is 23.7 Å². The Kier molecular flexibility index (Phi) is 8.85. The molecule has 1 N–H and O–H groups in total. The van der Waals surface area contributed by atoms with Gasteiger partial charge in [-0.3, -0.25) is 0 Å². The molecule has 0 heterocycles. The van der Waals surface area contributed by atoms with E-state index in [1.54, 1.807) is 6.08 Å². The predicted molar refractivity (Wildman–Crippen MR) is 51.3 cm³/mol. The second-order valence-corrected chi connectivity index (χ2v) is 2.10. The highest BCUT2D eigenvalue weighted by atomic mass is 16.2. The molecule has 0 spiro atoms. The number of aliphatic hydroxyl groups is 1. The molecule has 1 nitrogen and oxygen atoms in total. The topological polar surface area (TPSA) is 20.2 Å². The third kappa shape index (κ3) is 8.82.